The van der Waals surface area contributed by atoms with Gasteiger partial charge in [0.05, 0.1) is 6.10 Å². The minimum Gasteiger partial charge on any atom is -0.392 e. The molecule has 1 fully saturated rings. The molecule has 0 heterocycles. The van der Waals surface area contributed by atoms with E-state index in [0.29, 0.717) is 18.8 Å². The largest absolute Gasteiger partial charge is 0.392 e. The standard InChI is InChI=1S/C14H27NO2/c1-9(13(2,3)4)7-12(17)15-10-8-11(16)14(10,5)6/h9-11,16H,7-8H2,1-6H3,(H,15,17). The number of rotatable bonds is 3. The lowest BCUT2D eigenvalue weighted by Gasteiger charge is -2.49. The first-order valence-corrected chi connectivity index (χ1v) is 6.52. The average Bonchev–Trinajstić information content (AvgIpc) is 2.15. The van der Waals surface area contributed by atoms with Crippen LogP contribution in [0.1, 0.15) is 54.4 Å². The molecule has 1 rings (SSSR count). The van der Waals surface area contributed by atoms with Crippen LogP contribution < -0.4 is 5.32 Å². The number of carbonyl (C=O) groups excluding carboxylic acids is 1. The summed E-state index contributed by atoms with van der Waals surface area (Å²) in [6, 6.07) is 0.122. The van der Waals surface area contributed by atoms with E-state index in [9.17, 15) is 9.90 Å². The van der Waals surface area contributed by atoms with E-state index in [-0.39, 0.29) is 28.9 Å². The second kappa shape index (κ2) is 4.60. The topological polar surface area (TPSA) is 49.3 Å². The molecular weight excluding hydrogens is 214 g/mol. The molecule has 0 radical (unpaired) electrons. The summed E-state index contributed by atoms with van der Waals surface area (Å²) < 4.78 is 0. The van der Waals surface area contributed by atoms with Crippen molar-refractivity contribution in [1.29, 1.82) is 0 Å². The number of carbonyl (C=O) groups is 1. The number of amides is 1. The molecular formula is C14H27NO2. The zero-order chi connectivity index (χ0) is 13.4. The molecule has 0 spiro atoms. The molecule has 0 aliphatic heterocycles. The van der Waals surface area contributed by atoms with E-state index in [1.165, 1.54) is 0 Å². The van der Waals surface area contributed by atoms with Gasteiger partial charge in [-0.2, -0.15) is 0 Å². The van der Waals surface area contributed by atoms with Crippen molar-refractivity contribution in [1.82, 2.24) is 5.32 Å². The highest BCUT2D eigenvalue weighted by Gasteiger charge is 2.47. The molecule has 0 aromatic heterocycles. The quantitative estimate of drug-likeness (QED) is 0.796. The Labute approximate surface area is 105 Å². The van der Waals surface area contributed by atoms with Crippen LogP contribution in [0.3, 0.4) is 0 Å². The normalized spacial score (nSPS) is 29.4. The van der Waals surface area contributed by atoms with Gasteiger partial charge >= 0.3 is 0 Å². The van der Waals surface area contributed by atoms with Gasteiger partial charge in [-0.3, -0.25) is 4.79 Å². The van der Waals surface area contributed by atoms with E-state index in [2.05, 4.69) is 33.0 Å². The summed E-state index contributed by atoms with van der Waals surface area (Å²) in [5.41, 5.74) is -0.0212. The van der Waals surface area contributed by atoms with Crippen LogP contribution in [0.4, 0.5) is 0 Å². The Balaban J connectivity index is 2.42. The molecule has 1 aliphatic rings. The Bertz CT molecular complexity index is 291. The van der Waals surface area contributed by atoms with Crippen molar-refractivity contribution in [3.8, 4) is 0 Å². The van der Waals surface area contributed by atoms with Crippen LogP contribution in [0, 0.1) is 16.7 Å². The molecule has 17 heavy (non-hydrogen) atoms. The average molecular weight is 241 g/mol. The number of hydrogen-bond donors (Lipinski definition) is 2. The predicted molar refractivity (Wildman–Crippen MR) is 69.6 cm³/mol. The first-order chi connectivity index (χ1) is 7.55. The third-order valence-corrected chi connectivity index (χ3v) is 4.52. The second-order valence-corrected chi connectivity index (χ2v) is 7.16. The van der Waals surface area contributed by atoms with E-state index in [4.69, 9.17) is 0 Å². The van der Waals surface area contributed by atoms with Crippen molar-refractivity contribution >= 4 is 5.91 Å². The fraction of sp³-hybridized carbons (Fsp3) is 0.929. The van der Waals surface area contributed by atoms with Gasteiger partial charge in [0.25, 0.3) is 0 Å². The Morgan fingerprint density at radius 3 is 2.35 bits per heavy atom. The number of nitrogens with one attached hydrogen (secondary N) is 1. The molecule has 1 saturated carbocycles. The lowest BCUT2D eigenvalue weighted by molar-refractivity contribution is -0.130. The van der Waals surface area contributed by atoms with Crippen LogP contribution in [0.5, 0.6) is 0 Å². The Morgan fingerprint density at radius 2 is 2.00 bits per heavy atom. The maximum Gasteiger partial charge on any atom is 0.220 e. The van der Waals surface area contributed by atoms with Gasteiger partial charge in [0.1, 0.15) is 0 Å². The predicted octanol–water partition coefficient (Wildman–Crippen LogP) is 2.33. The number of aliphatic hydroxyl groups is 1. The zero-order valence-electron chi connectivity index (χ0n) is 12.0. The van der Waals surface area contributed by atoms with E-state index >= 15 is 0 Å². The van der Waals surface area contributed by atoms with Gasteiger partial charge in [-0.05, 0) is 17.8 Å². The molecule has 100 valence electrons. The second-order valence-electron chi connectivity index (χ2n) is 7.16. The molecule has 3 heteroatoms. The van der Waals surface area contributed by atoms with Crippen LogP contribution in [-0.4, -0.2) is 23.2 Å². The van der Waals surface area contributed by atoms with E-state index in [1.807, 2.05) is 13.8 Å². The SMILES string of the molecule is CC(CC(=O)NC1CC(O)C1(C)C)C(C)(C)C. The maximum absolute atomic E-state index is 11.9. The van der Waals surface area contributed by atoms with Crippen molar-refractivity contribution in [2.24, 2.45) is 16.7 Å². The molecule has 0 aromatic rings. The van der Waals surface area contributed by atoms with E-state index in [0.717, 1.165) is 0 Å². The minimum atomic E-state index is -0.284. The van der Waals surface area contributed by atoms with E-state index in [1.54, 1.807) is 0 Å². The van der Waals surface area contributed by atoms with Gasteiger partial charge in [-0.1, -0.05) is 41.5 Å². The van der Waals surface area contributed by atoms with Crippen molar-refractivity contribution in [2.45, 2.75) is 66.5 Å². The van der Waals surface area contributed by atoms with Gasteiger partial charge in [0.15, 0.2) is 0 Å². The summed E-state index contributed by atoms with van der Waals surface area (Å²) in [5, 5.41) is 12.7. The Morgan fingerprint density at radius 1 is 1.47 bits per heavy atom. The summed E-state index contributed by atoms with van der Waals surface area (Å²) in [6.07, 6.45) is 0.960. The fourth-order valence-electron chi connectivity index (χ4n) is 1.98. The Kier molecular flexibility index (Phi) is 3.92. The molecule has 3 nitrogen and oxygen atoms in total. The first-order valence-electron chi connectivity index (χ1n) is 6.52. The van der Waals surface area contributed by atoms with Crippen molar-refractivity contribution in [3.05, 3.63) is 0 Å². The van der Waals surface area contributed by atoms with Crippen LogP contribution in [0.25, 0.3) is 0 Å². The highest BCUT2D eigenvalue weighted by molar-refractivity contribution is 5.76. The highest BCUT2D eigenvalue weighted by atomic mass is 16.3. The van der Waals surface area contributed by atoms with Crippen LogP contribution in [-0.2, 0) is 4.79 Å². The molecule has 3 unspecified atom stereocenters. The van der Waals surface area contributed by atoms with Crippen molar-refractivity contribution < 1.29 is 9.90 Å². The third kappa shape index (κ3) is 3.21. The number of aliphatic hydroxyl groups excluding tert-OH is 1. The summed E-state index contributed by atoms with van der Waals surface area (Å²) in [7, 11) is 0. The van der Waals surface area contributed by atoms with Crippen LogP contribution >= 0.6 is 0 Å². The molecule has 0 aromatic carbocycles. The van der Waals surface area contributed by atoms with Crippen LogP contribution in [0.15, 0.2) is 0 Å². The van der Waals surface area contributed by atoms with Crippen molar-refractivity contribution in [3.63, 3.8) is 0 Å². The van der Waals surface area contributed by atoms with Gasteiger partial charge in [-0.15, -0.1) is 0 Å². The van der Waals surface area contributed by atoms with E-state index < -0.39 is 0 Å². The fourth-order valence-corrected chi connectivity index (χ4v) is 1.98. The molecule has 0 bridgehead atoms. The molecule has 2 N–H and O–H groups in total. The monoisotopic (exact) mass is 241 g/mol. The number of hydrogen-bond acceptors (Lipinski definition) is 2. The first kappa shape index (κ1) is 14.5. The van der Waals surface area contributed by atoms with Gasteiger partial charge in [0, 0.05) is 17.9 Å². The molecule has 0 saturated heterocycles. The highest BCUT2D eigenvalue weighted by Crippen LogP contribution is 2.40. The lowest BCUT2D eigenvalue weighted by Crippen LogP contribution is -2.61. The maximum atomic E-state index is 11.9. The van der Waals surface area contributed by atoms with Gasteiger partial charge in [0.2, 0.25) is 5.91 Å². The van der Waals surface area contributed by atoms with Crippen molar-refractivity contribution in [2.75, 3.05) is 0 Å². The van der Waals surface area contributed by atoms with Gasteiger partial charge in [-0.25, -0.2) is 0 Å². The molecule has 3 atom stereocenters. The molecule has 1 aliphatic carbocycles. The zero-order valence-corrected chi connectivity index (χ0v) is 12.0. The summed E-state index contributed by atoms with van der Waals surface area (Å²) in [5.74, 6) is 0.466. The third-order valence-electron chi connectivity index (χ3n) is 4.52. The summed E-state index contributed by atoms with van der Waals surface area (Å²) >= 11 is 0. The smallest absolute Gasteiger partial charge is 0.220 e. The summed E-state index contributed by atoms with van der Waals surface area (Å²) in [6.45, 7) is 12.6. The minimum absolute atomic E-state index is 0.109. The van der Waals surface area contributed by atoms with Gasteiger partial charge < -0.3 is 10.4 Å². The van der Waals surface area contributed by atoms with Crippen LogP contribution in [0.2, 0.25) is 0 Å². The Hall–Kier alpha value is -0.570. The lowest BCUT2D eigenvalue weighted by atomic mass is 9.64. The molecule has 1 amide bonds. The summed E-state index contributed by atoms with van der Waals surface area (Å²) in [4.78, 5) is 11.9.